The van der Waals surface area contributed by atoms with E-state index in [1.54, 1.807) is 0 Å². The van der Waals surface area contributed by atoms with Crippen molar-refractivity contribution >= 4 is 23.3 Å². The third kappa shape index (κ3) is 3.51. The lowest BCUT2D eigenvalue weighted by Gasteiger charge is -2.09. The molecule has 2 rings (SSSR count). The molecule has 9 heteroatoms. The Bertz CT molecular complexity index is 821. The largest absolute Gasteiger partial charge is 0.465 e. The van der Waals surface area contributed by atoms with E-state index in [1.165, 1.54) is 12.1 Å². The molecule has 0 spiro atoms. The fourth-order valence-electron chi connectivity index (χ4n) is 1.88. The predicted octanol–water partition coefficient (Wildman–Crippen LogP) is 2.91. The number of amides is 1. The molecular formula is C15H10F2N2O5. The van der Waals surface area contributed by atoms with Gasteiger partial charge in [0.25, 0.3) is 11.6 Å². The highest BCUT2D eigenvalue weighted by molar-refractivity contribution is 6.11. The van der Waals surface area contributed by atoms with Gasteiger partial charge in [0.2, 0.25) is 0 Å². The van der Waals surface area contributed by atoms with Crippen molar-refractivity contribution in [2.45, 2.75) is 0 Å². The quantitative estimate of drug-likeness (QED) is 0.526. The topological polar surface area (TPSA) is 98.5 Å². The van der Waals surface area contributed by atoms with E-state index in [0.717, 1.165) is 19.2 Å². The Morgan fingerprint density at radius 2 is 1.62 bits per heavy atom. The van der Waals surface area contributed by atoms with Crippen LogP contribution in [0.2, 0.25) is 0 Å². The molecule has 0 unspecified atom stereocenters. The zero-order chi connectivity index (χ0) is 17.9. The van der Waals surface area contributed by atoms with E-state index < -0.39 is 39.6 Å². The summed E-state index contributed by atoms with van der Waals surface area (Å²) in [6.07, 6.45) is 0. The van der Waals surface area contributed by atoms with Gasteiger partial charge in [0.05, 0.1) is 23.2 Å². The van der Waals surface area contributed by atoms with Crippen molar-refractivity contribution in [1.29, 1.82) is 0 Å². The van der Waals surface area contributed by atoms with Crippen molar-refractivity contribution in [3.63, 3.8) is 0 Å². The Hall–Kier alpha value is -3.36. The molecule has 0 fully saturated rings. The highest BCUT2D eigenvalue weighted by atomic mass is 19.2. The molecule has 2 aromatic carbocycles. The maximum absolute atomic E-state index is 13.4. The first-order valence-corrected chi connectivity index (χ1v) is 6.46. The van der Waals surface area contributed by atoms with E-state index in [0.29, 0.717) is 12.1 Å². The number of carbonyl (C=O) groups is 2. The summed E-state index contributed by atoms with van der Waals surface area (Å²) in [4.78, 5) is 33.8. The Balaban J connectivity index is 2.33. The summed E-state index contributed by atoms with van der Waals surface area (Å²) >= 11 is 0. The number of nitro groups is 1. The van der Waals surface area contributed by atoms with Crippen molar-refractivity contribution in [1.82, 2.24) is 0 Å². The van der Waals surface area contributed by atoms with Gasteiger partial charge in [0.15, 0.2) is 11.6 Å². The number of rotatable bonds is 4. The van der Waals surface area contributed by atoms with Gasteiger partial charge in [0, 0.05) is 17.8 Å². The molecule has 0 radical (unpaired) electrons. The monoisotopic (exact) mass is 336 g/mol. The predicted molar refractivity (Wildman–Crippen MR) is 78.7 cm³/mol. The van der Waals surface area contributed by atoms with Crippen LogP contribution >= 0.6 is 0 Å². The minimum atomic E-state index is -1.31. The summed E-state index contributed by atoms with van der Waals surface area (Å²) in [5, 5.41) is 12.9. The second kappa shape index (κ2) is 6.82. The Kier molecular flexibility index (Phi) is 4.83. The number of anilines is 1. The Labute approximate surface area is 134 Å². The van der Waals surface area contributed by atoms with Crippen LogP contribution in [0.4, 0.5) is 20.2 Å². The van der Waals surface area contributed by atoms with Crippen LogP contribution in [0.3, 0.4) is 0 Å². The zero-order valence-electron chi connectivity index (χ0n) is 12.2. The SMILES string of the molecule is COC(=O)c1cc(F)c(F)cc1C(=O)Nc1ccc([N+](=O)[O-])cc1. The number of carbonyl (C=O) groups excluding carboxylic acids is 2. The first kappa shape index (κ1) is 17.0. The third-order valence-corrected chi connectivity index (χ3v) is 3.05. The number of benzene rings is 2. The van der Waals surface area contributed by atoms with Crippen molar-refractivity contribution < 1.29 is 28.0 Å². The molecule has 0 aromatic heterocycles. The molecule has 124 valence electrons. The maximum atomic E-state index is 13.4. The molecule has 1 amide bonds. The smallest absolute Gasteiger partial charge is 0.338 e. The summed E-state index contributed by atoms with van der Waals surface area (Å²) in [6.45, 7) is 0. The number of hydrogen-bond donors (Lipinski definition) is 1. The van der Waals surface area contributed by atoms with Gasteiger partial charge in [-0.05, 0) is 24.3 Å². The Morgan fingerprint density at radius 1 is 1.08 bits per heavy atom. The average Bonchev–Trinajstić information content (AvgIpc) is 2.56. The normalized spacial score (nSPS) is 10.1. The van der Waals surface area contributed by atoms with Crippen molar-refractivity contribution in [2.75, 3.05) is 12.4 Å². The minimum Gasteiger partial charge on any atom is -0.465 e. The van der Waals surface area contributed by atoms with Gasteiger partial charge in [-0.25, -0.2) is 13.6 Å². The molecule has 2 aromatic rings. The van der Waals surface area contributed by atoms with Crippen LogP contribution in [0.1, 0.15) is 20.7 Å². The number of halogens is 2. The number of nitro benzene ring substituents is 1. The van der Waals surface area contributed by atoms with Gasteiger partial charge in [0.1, 0.15) is 0 Å². The van der Waals surface area contributed by atoms with Gasteiger partial charge in [-0.2, -0.15) is 0 Å². The molecule has 0 aliphatic carbocycles. The van der Waals surface area contributed by atoms with Crippen molar-refractivity contribution in [2.24, 2.45) is 0 Å². The fourth-order valence-corrected chi connectivity index (χ4v) is 1.88. The van der Waals surface area contributed by atoms with Crippen LogP contribution in [0, 0.1) is 21.7 Å². The molecule has 0 heterocycles. The summed E-state index contributed by atoms with van der Waals surface area (Å²) in [6, 6.07) is 5.96. The summed E-state index contributed by atoms with van der Waals surface area (Å²) in [5.74, 6) is -4.52. The van der Waals surface area contributed by atoms with E-state index in [2.05, 4.69) is 10.1 Å². The number of nitrogens with one attached hydrogen (secondary N) is 1. The zero-order valence-corrected chi connectivity index (χ0v) is 12.2. The summed E-state index contributed by atoms with van der Waals surface area (Å²) in [5.41, 5.74) is -0.892. The Morgan fingerprint density at radius 3 is 2.12 bits per heavy atom. The van der Waals surface area contributed by atoms with E-state index in [1.807, 2.05) is 0 Å². The molecule has 1 N–H and O–H groups in total. The number of ether oxygens (including phenoxy) is 1. The van der Waals surface area contributed by atoms with Crippen LogP contribution < -0.4 is 5.32 Å². The van der Waals surface area contributed by atoms with Gasteiger partial charge >= 0.3 is 5.97 Å². The highest BCUT2D eigenvalue weighted by Crippen LogP contribution is 2.20. The minimum absolute atomic E-state index is 0.172. The van der Waals surface area contributed by atoms with Crippen LogP contribution in [0.15, 0.2) is 36.4 Å². The van der Waals surface area contributed by atoms with Gasteiger partial charge < -0.3 is 10.1 Å². The second-order valence-corrected chi connectivity index (χ2v) is 4.56. The lowest BCUT2D eigenvalue weighted by Crippen LogP contribution is -2.18. The third-order valence-electron chi connectivity index (χ3n) is 3.05. The van der Waals surface area contributed by atoms with Crippen LogP contribution in [0.25, 0.3) is 0 Å². The number of hydrogen-bond acceptors (Lipinski definition) is 5. The first-order chi connectivity index (χ1) is 11.3. The molecule has 0 atom stereocenters. The molecule has 0 saturated heterocycles. The van der Waals surface area contributed by atoms with E-state index in [-0.39, 0.29) is 11.4 Å². The number of esters is 1. The molecule has 7 nitrogen and oxygen atoms in total. The van der Waals surface area contributed by atoms with Gasteiger partial charge in [-0.15, -0.1) is 0 Å². The second-order valence-electron chi connectivity index (χ2n) is 4.56. The lowest BCUT2D eigenvalue weighted by molar-refractivity contribution is -0.384. The molecule has 24 heavy (non-hydrogen) atoms. The van der Waals surface area contributed by atoms with E-state index in [9.17, 15) is 28.5 Å². The van der Waals surface area contributed by atoms with Crippen LogP contribution in [-0.4, -0.2) is 23.9 Å². The summed E-state index contributed by atoms with van der Waals surface area (Å²) in [7, 11) is 1.03. The number of methoxy groups -OCH3 is 1. The fraction of sp³-hybridized carbons (Fsp3) is 0.0667. The van der Waals surface area contributed by atoms with Crippen LogP contribution in [-0.2, 0) is 4.74 Å². The standard InChI is InChI=1S/C15H10F2N2O5/c1-24-15(21)11-7-13(17)12(16)6-10(11)14(20)18-8-2-4-9(5-3-8)19(22)23/h2-7H,1H3,(H,18,20). The highest BCUT2D eigenvalue weighted by Gasteiger charge is 2.21. The van der Waals surface area contributed by atoms with E-state index >= 15 is 0 Å². The molecule has 0 aliphatic heterocycles. The summed E-state index contributed by atoms with van der Waals surface area (Å²) < 4.78 is 31.1. The average molecular weight is 336 g/mol. The molecule has 0 aliphatic rings. The molecule has 0 bridgehead atoms. The number of non-ortho nitro benzene ring substituents is 1. The van der Waals surface area contributed by atoms with Crippen molar-refractivity contribution in [3.05, 3.63) is 69.3 Å². The first-order valence-electron chi connectivity index (χ1n) is 6.46. The van der Waals surface area contributed by atoms with Crippen molar-refractivity contribution in [3.8, 4) is 0 Å². The van der Waals surface area contributed by atoms with E-state index in [4.69, 9.17) is 0 Å². The molecule has 0 saturated carbocycles. The van der Waals surface area contributed by atoms with Gasteiger partial charge in [-0.3, -0.25) is 14.9 Å². The molecular weight excluding hydrogens is 326 g/mol. The van der Waals surface area contributed by atoms with Gasteiger partial charge in [-0.1, -0.05) is 0 Å². The lowest BCUT2D eigenvalue weighted by atomic mass is 10.1. The number of nitrogens with zero attached hydrogens (tertiary/aromatic N) is 1. The maximum Gasteiger partial charge on any atom is 0.338 e. The van der Waals surface area contributed by atoms with Crippen LogP contribution in [0.5, 0.6) is 0 Å².